The lowest BCUT2D eigenvalue weighted by molar-refractivity contribution is 0.385. The molecule has 0 fully saturated rings. The number of furan rings is 1. The van der Waals surface area contributed by atoms with Crippen LogP contribution in [0.4, 0.5) is 0 Å². The van der Waals surface area contributed by atoms with Gasteiger partial charge in [0.25, 0.3) is 0 Å². The van der Waals surface area contributed by atoms with Crippen LogP contribution in [-0.2, 0) is 0 Å². The van der Waals surface area contributed by atoms with Gasteiger partial charge in [0.15, 0.2) is 12.0 Å². The highest BCUT2D eigenvalue weighted by atomic mass is 32.1. The monoisotopic (exact) mass is 749 g/mol. The van der Waals surface area contributed by atoms with Gasteiger partial charge >= 0.3 is 0 Å². The summed E-state index contributed by atoms with van der Waals surface area (Å²) in [5.41, 5.74) is 12.0. The molecule has 270 valence electrons. The van der Waals surface area contributed by atoms with E-state index >= 15 is 0 Å². The Morgan fingerprint density at radius 1 is 0.474 bits per heavy atom. The molecule has 2 aromatic heterocycles. The Morgan fingerprint density at radius 3 is 1.88 bits per heavy atom. The highest BCUT2D eigenvalue weighted by Gasteiger charge is 2.30. The zero-order valence-corrected chi connectivity index (χ0v) is 31.9. The van der Waals surface area contributed by atoms with Crippen LogP contribution in [0.3, 0.4) is 0 Å². The Morgan fingerprint density at radius 2 is 1.09 bits per heavy atom. The molecule has 0 aliphatic carbocycles. The molecular weight excluding hydrogens is 715 g/mol. The van der Waals surface area contributed by atoms with Crippen LogP contribution >= 0.6 is 11.3 Å². The van der Waals surface area contributed by atoms with E-state index in [-0.39, 0.29) is 6.17 Å². The molecular formula is C52H35N3OS. The van der Waals surface area contributed by atoms with Crippen LogP contribution in [0.25, 0.3) is 75.5 Å². The van der Waals surface area contributed by atoms with E-state index in [4.69, 9.17) is 14.4 Å². The maximum Gasteiger partial charge on any atom is 0.160 e. The third-order valence-corrected chi connectivity index (χ3v) is 12.3. The molecule has 0 saturated heterocycles. The number of nitrogens with zero attached hydrogens (tertiary/aromatic N) is 3. The van der Waals surface area contributed by atoms with Crippen LogP contribution in [0.1, 0.15) is 22.9 Å². The molecule has 57 heavy (non-hydrogen) atoms. The second-order valence-electron chi connectivity index (χ2n) is 14.5. The van der Waals surface area contributed by atoms with Crippen LogP contribution in [0.15, 0.2) is 202 Å². The van der Waals surface area contributed by atoms with Crippen LogP contribution < -0.4 is 0 Å². The van der Waals surface area contributed by atoms with E-state index in [1.807, 2.05) is 17.4 Å². The smallest absolute Gasteiger partial charge is 0.160 e. The third kappa shape index (κ3) is 5.66. The van der Waals surface area contributed by atoms with Crippen molar-refractivity contribution in [2.45, 2.75) is 6.17 Å². The molecule has 1 aliphatic rings. The van der Waals surface area contributed by atoms with E-state index in [1.165, 1.54) is 42.4 Å². The lowest BCUT2D eigenvalue weighted by Gasteiger charge is -2.33. The molecule has 11 rings (SSSR count). The average Bonchev–Trinajstić information content (AvgIpc) is 3.86. The highest BCUT2D eigenvalue weighted by molar-refractivity contribution is 7.25. The van der Waals surface area contributed by atoms with Crippen molar-refractivity contribution in [2.24, 2.45) is 9.98 Å². The first kappa shape index (κ1) is 33.3. The largest absolute Gasteiger partial charge is 0.456 e. The fourth-order valence-electron chi connectivity index (χ4n) is 8.45. The number of aliphatic imine (C=N–C) groups is 2. The standard InChI is InChI=1S/C52H35N3OS/c1-55-51(36-16-6-3-7-17-36)53-50(41-21-13-25-47-49(41)40-20-10-11-24-46(40)57-47)54-52(55)42-22-12-23-45-48(42)43-32-37(30-31-44(43)56-45)33-26-28-35(29-27-33)39-19-9-8-18-38(39)34-14-4-2-5-15-34/h2-32,52H,1H3/t52-/m1/s1. The van der Waals surface area contributed by atoms with Crippen LogP contribution in [-0.4, -0.2) is 23.6 Å². The molecule has 0 saturated carbocycles. The van der Waals surface area contributed by atoms with Crippen molar-refractivity contribution in [2.75, 3.05) is 7.05 Å². The highest BCUT2D eigenvalue weighted by Crippen LogP contribution is 2.42. The number of rotatable bonds is 6. The van der Waals surface area contributed by atoms with E-state index in [2.05, 4.69) is 194 Å². The number of hydrogen-bond donors (Lipinski definition) is 0. The van der Waals surface area contributed by atoms with E-state index in [9.17, 15) is 0 Å². The maximum absolute atomic E-state index is 6.56. The average molecular weight is 750 g/mol. The summed E-state index contributed by atoms with van der Waals surface area (Å²) in [6, 6.07) is 66.6. The van der Waals surface area contributed by atoms with Crippen LogP contribution in [0.2, 0.25) is 0 Å². The van der Waals surface area contributed by atoms with Gasteiger partial charge in [0.05, 0.1) is 0 Å². The summed E-state index contributed by atoms with van der Waals surface area (Å²) in [6.07, 6.45) is -0.356. The normalized spacial score (nSPS) is 14.4. The Bertz CT molecular complexity index is 3190. The van der Waals surface area contributed by atoms with Gasteiger partial charge in [-0.05, 0) is 63.7 Å². The fraction of sp³-hybridized carbons (Fsp3) is 0.0385. The van der Waals surface area contributed by atoms with Crippen molar-refractivity contribution in [3.05, 3.63) is 205 Å². The van der Waals surface area contributed by atoms with E-state index in [1.54, 1.807) is 0 Å². The predicted molar refractivity (Wildman–Crippen MR) is 239 cm³/mol. The SMILES string of the molecule is CN1C(c2ccccc2)=NC(c2cccc3sc4ccccc4c23)=N[C@H]1c1cccc2oc3ccc(-c4ccc(-c5ccccc5-c5ccccc5)cc4)cc3c12. The molecule has 8 aromatic carbocycles. The molecule has 0 N–H and O–H groups in total. The van der Waals surface area contributed by atoms with E-state index < -0.39 is 0 Å². The predicted octanol–water partition coefficient (Wildman–Crippen LogP) is 13.8. The molecule has 1 aliphatic heterocycles. The quantitative estimate of drug-likeness (QED) is 0.170. The summed E-state index contributed by atoms with van der Waals surface area (Å²) < 4.78 is 9.05. The number of fused-ring (bicyclic) bond motifs is 6. The second-order valence-corrected chi connectivity index (χ2v) is 15.6. The molecule has 0 radical (unpaired) electrons. The van der Waals surface area contributed by atoms with Crippen molar-refractivity contribution in [1.82, 2.24) is 4.90 Å². The van der Waals surface area contributed by atoms with Crippen molar-refractivity contribution < 1.29 is 4.42 Å². The van der Waals surface area contributed by atoms with Gasteiger partial charge in [-0.2, -0.15) is 0 Å². The molecule has 10 aromatic rings. The molecule has 1 atom stereocenters. The Balaban J connectivity index is 1.04. The van der Waals surface area contributed by atoms with Crippen LogP contribution in [0, 0.1) is 0 Å². The Kier molecular flexibility index (Phi) is 7.93. The summed E-state index contributed by atoms with van der Waals surface area (Å²) in [6.45, 7) is 0. The van der Waals surface area contributed by atoms with E-state index in [0.29, 0.717) is 0 Å². The molecule has 0 bridgehead atoms. The lowest BCUT2D eigenvalue weighted by atomic mass is 9.93. The molecule has 3 heterocycles. The lowest BCUT2D eigenvalue weighted by Crippen LogP contribution is -2.35. The molecule has 0 amide bonds. The minimum absolute atomic E-state index is 0.356. The summed E-state index contributed by atoms with van der Waals surface area (Å²) in [5, 5.41) is 4.56. The number of hydrogen-bond acceptors (Lipinski definition) is 5. The zero-order chi connectivity index (χ0) is 37.9. The Labute approximate surface area is 334 Å². The van der Waals surface area contributed by atoms with Crippen molar-refractivity contribution >= 4 is 65.1 Å². The molecule has 0 spiro atoms. The molecule has 4 nitrogen and oxygen atoms in total. The summed E-state index contributed by atoms with van der Waals surface area (Å²) in [5.74, 6) is 1.60. The van der Waals surface area contributed by atoms with Gasteiger partial charge in [0.1, 0.15) is 17.0 Å². The second kappa shape index (κ2) is 13.6. The topological polar surface area (TPSA) is 41.1 Å². The van der Waals surface area contributed by atoms with E-state index in [0.717, 1.165) is 61.4 Å². The van der Waals surface area contributed by atoms with Crippen molar-refractivity contribution in [1.29, 1.82) is 0 Å². The minimum atomic E-state index is -0.356. The van der Waals surface area contributed by atoms with Gasteiger partial charge in [0, 0.05) is 54.7 Å². The summed E-state index contributed by atoms with van der Waals surface area (Å²) in [7, 11) is 2.10. The van der Waals surface area contributed by atoms with Gasteiger partial charge in [-0.25, -0.2) is 9.98 Å². The van der Waals surface area contributed by atoms with Crippen molar-refractivity contribution in [3.63, 3.8) is 0 Å². The molecule has 0 unspecified atom stereocenters. The third-order valence-electron chi connectivity index (χ3n) is 11.2. The number of amidine groups is 2. The van der Waals surface area contributed by atoms with Gasteiger partial charge in [0.2, 0.25) is 0 Å². The number of thiophene rings is 1. The first-order valence-electron chi connectivity index (χ1n) is 19.2. The first-order valence-corrected chi connectivity index (χ1v) is 20.1. The Hall–Kier alpha value is -7.08. The van der Waals surface area contributed by atoms with Crippen LogP contribution in [0.5, 0.6) is 0 Å². The van der Waals surface area contributed by atoms with Gasteiger partial charge in [-0.15, -0.1) is 11.3 Å². The summed E-state index contributed by atoms with van der Waals surface area (Å²) in [4.78, 5) is 13.0. The van der Waals surface area contributed by atoms with Gasteiger partial charge < -0.3 is 9.32 Å². The van der Waals surface area contributed by atoms with Gasteiger partial charge in [-0.3, -0.25) is 0 Å². The minimum Gasteiger partial charge on any atom is -0.456 e. The molecule has 5 heteroatoms. The van der Waals surface area contributed by atoms with Crippen molar-refractivity contribution in [3.8, 4) is 33.4 Å². The maximum atomic E-state index is 6.56. The first-order chi connectivity index (χ1) is 28.2. The fourth-order valence-corrected chi connectivity index (χ4v) is 9.58. The zero-order valence-electron chi connectivity index (χ0n) is 31.1. The summed E-state index contributed by atoms with van der Waals surface area (Å²) >= 11 is 1.81. The number of benzene rings is 8. The van der Waals surface area contributed by atoms with Gasteiger partial charge in [-0.1, -0.05) is 158 Å².